The van der Waals surface area contributed by atoms with Crippen molar-refractivity contribution < 1.29 is 4.79 Å². The molecule has 1 aliphatic rings. The normalized spacial score (nSPS) is 15.6. The van der Waals surface area contributed by atoms with E-state index in [2.05, 4.69) is 26.1 Å². The number of rotatable bonds is 3. The molecule has 25 heavy (non-hydrogen) atoms. The summed E-state index contributed by atoms with van der Waals surface area (Å²) in [5, 5.41) is 8.84. The Balaban J connectivity index is 2.02. The van der Waals surface area contributed by atoms with Crippen LogP contribution in [-0.4, -0.2) is 15.7 Å². The van der Waals surface area contributed by atoms with Crippen molar-refractivity contribution in [2.45, 2.75) is 51.9 Å². The molecule has 0 spiro atoms. The summed E-state index contributed by atoms with van der Waals surface area (Å²) >= 11 is 12.5. The molecule has 1 heterocycles. The van der Waals surface area contributed by atoms with Gasteiger partial charge in [0.25, 0.3) is 0 Å². The fourth-order valence-electron chi connectivity index (χ4n) is 3.08. The fourth-order valence-corrected chi connectivity index (χ4v) is 3.45. The Hall–Kier alpha value is -1.52. The van der Waals surface area contributed by atoms with Crippen molar-refractivity contribution in [3.63, 3.8) is 0 Å². The molecular formula is C19H23Cl2N3O. The number of carbonyl (C=O) groups is 1. The zero-order chi connectivity index (χ0) is 18.2. The van der Waals surface area contributed by atoms with E-state index in [0.29, 0.717) is 21.6 Å². The van der Waals surface area contributed by atoms with Gasteiger partial charge >= 0.3 is 0 Å². The molecule has 0 aliphatic heterocycles. The number of aromatic nitrogens is 2. The number of nitrogens with one attached hydrogen (secondary N) is 1. The van der Waals surface area contributed by atoms with E-state index in [1.54, 1.807) is 22.9 Å². The smallest absolute Gasteiger partial charge is 0.228 e. The molecule has 2 aromatic rings. The van der Waals surface area contributed by atoms with Crippen LogP contribution in [0.25, 0.3) is 5.69 Å². The Morgan fingerprint density at radius 1 is 1.20 bits per heavy atom. The van der Waals surface area contributed by atoms with Crippen LogP contribution in [0.3, 0.4) is 0 Å². The lowest BCUT2D eigenvalue weighted by Crippen LogP contribution is -2.22. The van der Waals surface area contributed by atoms with Crippen molar-refractivity contribution in [3.05, 3.63) is 40.0 Å². The lowest BCUT2D eigenvalue weighted by molar-refractivity contribution is -0.119. The SMILES string of the molecule is CC(C)(C)c1cc(NC(=O)C2CCCC2)n(-c2cc(Cl)ccc2Cl)n1. The molecule has 3 rings (SSSR count). The second kappa shape index (κ2) is 7.00. The van der Waals surface area contributed by atoms with E-state index in [1.807, 2.05) is 6.07 Å². The van der Waals surface area contributed by atoms with Crippen molar-refractivity contribution in [2.24, 2.45) is 5.92 Å². The molecule has 4 nitrogen and oxygen atoms in total. The Bertz CT molecular complexity index is 786. The first-order valence-corrected chi connectivity index (χ1v) is 9.38. The molecule has 1 aromatic carbocycles. The summed E-state index contributed by atoms with van der Waals surface area (Å²) in [5.41, 5.74) is 1.39. The van der Waals surface area contributed by atoms with Crippen LogP contribution < -0.4 is 5.32 Å². The lowest BCUT2D eigenvalue weighted by atomic mass is 9.92. The van der Waals surface area contributed by atoms with Crippen LogP contribution in [0.4, 0.5) is 5.82 Å². The van der Waals surface area contributed by atoms with Crippen LogP contribution in [-0.2, 0) is 10.2 Å². The molecule has 1 N–H and O–H groups in total. The van der Waals surface area contributed by atoms with Crippen molar-refractivity contribution in [3.8, 4) is 5.69 Å². The standard InChI is InChI=1S/C19H23Cl2N3O/c1-19(2,3)16-11-17(22-18(25)12-6-4-5-7-12)24(23-16)15-10-13(20)8-9-14(15)21/h8-12H,4-7H2,1-3H3,(H,22,25). The van der Waals surface area contributed by atoms with Crippen LogP contribution in [0, 0.1) is 5.92 Å². The minimum absolute atomic E-state index is 0.0530. The van der Waals surface area contributed by atoms with E-state index in [1.165, 1.54) is 0 Å². The molecule has 1 amide bonds. The average Bonchev–Trinajstić information content (AvgIpc) is 3.18. The number of anilines is 1. The first kappa shape index (κ1) is 18.3. The summed E-state index contributed by atoms with van der Waals surface area (Å²) in [5.74, 6) is 0.763. The van der Waals surface area contributed by atoms with Crippen LogP contribution >= 0.6 is 23.2 Å². The maximum atomic E-state index is 12.6. The molecule has 0 unspecified atom stereocenters. The van der Waals surface area contributed by atoms with E-state index in [4.69, 9.17) is 28.3 Å². The largest absolute Gasteiger partial charge is 0.310 e. The zero-order valence-electron chi connectivity index (χ0n) is 14.8. The summed E-state index contributed by atoms with van der Waals surface area (Å²) in [7, 11) is 0. The molecule has 1 saturated carbocycles. The number of hydrogen-bond acceptors (Lipinski definition) is 2. The highest BCUT2D eigenvalue weighted by molar-refractivity contribution is 6.34. The zero-order valence-corrected chi connectivity index (χ0v) is 16.3. The third-order valence-corrected chi connectivity index (χ3v) is 5.15. The highest BCUT2D eigenvalue weighted by Gasteiger charge is 2.26. The molecule has 0 bridgehead atoms. The maximum absolute atomic E-state index is 12.6. The van der Waals surface area contributed by atoms with Gasteiger partial charge in [-0.05, 0) is 31.0 Å². The molecule has 1 aliphatic carbocycles. The van der Waals surface area contributed by atoms with Crippen molar-refractivity contribution >= 4 is 34.9 Å². The van der Waals surface area contributed by atoms with Gasteiger partial charge in [0, 0.05) is 22.4 Å². The lowest BCUT2D eigenvalue weighted by Gasteiger charge is -2.14. The average molecular weight is 380 g/mol. The maximum Gasteiger partial charge on any atom is 0.228 e. The van der Waals surface area contributed by atoms with E-state index in [0.717, 1.165) is 31.4 Å². The number of benzene rings is 1. The predicted octanol–water partition coefficient (Wildman–Crippen LogP) is 5.61. The quantitative estimate of drug-likeness (QED) is 0.753. The minimum Gasteiger partial charge on any atom is -0.310 e. The van der Waals surface area contributed by atoms with Gasteiger partial charge in [-0.15, -0.1) is 0 Å². The summed E-state index contributed by atoms with van der Waals surface area (Å²) in [6, 6.07) is 7.15. The van der Waals surface area contributed by atoms with Crippen molar-refractivity contribution in [1.29, 1.82) is 0 Å². The summed E-state index contributed by atoms with van der Waals surface area (Å²) < 4.78 is 1.68. The molecule has 0 radical (unpaired) electrons. The first-order valence-electron chi connectivity index (χ1n) is 8.62. The van der Waals surface area contributed by atoms with Crippen molar-refractivity contribution in [1.82, 2.24) is 9.78 Å². The van der Waals surface area contributed by atoms with Crippen LogP contribution in [0.1, 0.15) is 52.1 Å². The van der Waals surface area contributed by atoms with E-state index >= 15 is 0 Å². The van der Waals surface area contributed by atoms with Gasteiger partial charge in [-0.1, -0.05) is 56.8 Å². The number of amides is 1. The summed E-state index contributed by atoms with van der Waals surface area (Å²) in [6.07, 6.45) is 4.13. The number of halogens is 2. The second-order valence-electron chi connectivity index (χ2n) is 7.64. The Kier molecular flexibility index (Phi) is 5.12. The molecule has 0 saturated heterocycles. The Labute approximate surface area is 158 Å². The van der Waals surface area contributed by atoms with Gasteiger partial charge in [0.15, 0.2) is 0 Å². The topological polar surface area (TPSA) is 46.9 Å². The number of carbonyl (C=O) groups excluding carboxylic acids is 1. The van der Waals surface area contributed by atoms with Gasteiger partial charge in [0.1, 0.15) is 5.82 Å². The monoisotopic (exact) mass is 379 g/mol. The summed E-state index contributed by atoms with van der Waals surface area (Å²) in [6.45, 7) is 6.26. The molecule has 134 valence electrons. The molecular weight excluding hydrogens is 357 g/mol. The third-order valence-electron chi connectivity index (χ3n) is 4.59. The molecule has 6 heteroatoms. The van der Waals surface area contributed by atoms with Gasteiger partial charge < -0.3 is 5.32 Å². The van der Waals surface area contributed by atoms with Crippen LogP contribution in [0.15, 0.2) is 24.3 Å². The Morgan fingerprint density at radius 2 is 1.88 bits per heavy atom. The highest BCUT2D eigenvalue weighted by Crippen LogP contribution is 2.32. The second-order valence-corrected chi connectivity index (χ2v) is 8.49. The summed E-state index contributed by atoms with van der Waals surface area (Å²) in [4.78, 5) is 12.6. The van der Waals surface area contributed by atoms with Gasteiger partial charge in [0.2, 0.25) is 5.91 Å². The minimum atomic E-state index is -0.150. The van der Waals surface area contributed by atoms with E-state index in [9.17, 15) is 4.79 Å². The number of nitrogens with zero attached hydrogens (tertiary/aromatic N) is 2. The fraction of sp³-hybridized carbons (Fsp3) is 0.474. The van der Waals surface area contributed by atoms with E-state index in [-0.39, 0.29) is 17.2 Å². The van der Waals surface area contributed by atoms with Gasteiger partial charge in [-0.2, -0.15) is 5.10 Å². The predicted molar refractivity (Wildman–Crippen MR) is 103 cm³/mol. The van der Waals surface area contributed by atoms with E-state index < -0.39 is 0 Å². The Morgan fingerprint density at radius 3 is 2.52 bits per heavy atom. The third kappa shape index (κ3) is 4.01. The van der Waals surface area contributed by atoms with Crippen molar-refractivity contribution in [2.75, 3.05) is 5.32 Å². The molecule has 1 aromatic heterocycles. The number of hydrogen-bond donors (Lipinski definition) is 1. The highest BCUT2D eigenvalue weighted by atomic mass is 35.5. The molecule has 1 fully saturated rings. The van der Waals surface area contributed by atoms with Crippen LogP contribution in [0.2, 0.25) is 10.0 Å². The van der Waals surface area contributed by atoms with Gasteiger partial charge in [-0.25, -0.2) is 4.68 Å². The molecule has 0 atom stereocenters. The first-order chi connectivity index (χ1) is 11.8. The van der Waals surface area contributed by atoms with Gasteiger partial charge in [-0.3, -0.25) is 4.79 Å². The van der Waals surface area contributed by atoms with Crippen LogP contribution in [0.5, 0.6) is 0 Å². The van der Waals surface area contributed by atoms with Gasteiger partial charge in [0.05, 0.1) is 16.4 Å².